The van der Waals surface area contributed by atoms with Crippen molar-refractivity contribution in [3.8, 4) is 6.07 Å². The summed E-state index contributed by atoms with van der Waals surface area (Å²) in [7, 11) is -2.50. The van der Waals surface area contributed by atoms with Gasteiger partial charge in [0.1, 0.15) is 11.0 Å². The number of benzene rings is 1. The SMILES string of the molecule is CC(CO)N(C)S(=O)(=O)c1cccc(Cl)c1C#N. The zero-order valence-electron chi connectivity index (χ0n) is 9.96. The first kappa shape index (κ1) is 14.9. The lowest BCUT2D eigenvalue weighted by Gasteiger charge is -2.23. The van der Waals surface area contributed by atoms with Crippen LogP contribution in [-0.2, 0) is 10.0 Å². The molecule has 0 spiro atoms. The first-order valence-corrected chi connectivity index (χ1v) is 6.95. The van der Waals surface area contributed by atoms with Gasteiger partial charge in [0.15, 0.2) is 0 Å². The number of halogens is 1. The largest absolute Gasteiger partial charge is 0.395 e. The van der Waals surface area contributed by atoms with Crippen molar-refractivity contribution in [2.75, 3.05) is 13.7 Å². The number of sulfonamides is 1. The third-order valence-corrected chi connectivity index (χ3v) is 4.96. The van der Waals surface area contributed by atoms with Crippen LogP contribution in [0.5, 0.6) is 0 Å². The van der Waals surface area contributed by atoms with Crippen LogP contribution in [0.4, 0.5) is 0 Å². The number of hydrogen-bond acceptors (Lipinski definition) is 4. The van der Waals surface area contributed by atoms with Gasteiger partial charge in [-0.1, -0.05) is 17.7 Å². The van der Waals surface area contributed by atoms with Crippen molar-refractivity contribution in [1.82, 2.24) is 4.31 Å². The number of hydrogen-bond donors (Lipinski definition) is 1. The van der Waals surface area contributed by atoms with Gasteiger partial charge in [0.05, 0.1) is 17.2 Å². The van der Waals surface area contributed by atoms with E-state index in [0.29, 0.717) is 0 Å². The predicted octanol–water partition coefficient (Wildman–Crippen LogP) is 1.21. The number of rotatable bonds is 4. The summed E-state index contributed by atoms with van der Waals surface area (Å²) in [6.45, 7) is 1.26. The molecule has 0 aromatic heterocycles. The molecule has 98 valence electrons. The van der Waals surface area contributed by atoms with E-state index in [2.05, 4.69) is 0 Å². The summed E-state index contributed by atoms with van der Waals surface area (Å²) >= 11 is 5.80. The summed E-state index contributed by atoms with van der Waals surface area (Å²) in [5.74, 6) is 0. The van der Waals surface area contributed by atoms with Crippen LogP contribution >= 0.6 is 11.6 Å². The van der Waals surface area contributed by atoms with Crippen LogP contribution in [-0.4, -0.2) is 37.5 Å². The minimum atomic E-state index is -3.85. The monoisotopic (exact) mass is 288 g/mol. The maximum atomic E-state index is 12.3. The Morgan fingerprint density at radius 3 is 2.67 bits per heavy atom. The number of aliphatic hydroxyl groups is 1. The Bertz CT molecular complexity index is 580. The molecule has 0 aliphatic carbocycles. The van der Waals surface area contributed by atoms with Gasteiger partial charge in [0.2, 0.25) is 10.0 Å². The molecule has 0 amide bonds. The van der Waals surface area contributed by atoms with Crippen molar-refractivity contribution in [2.45, 2.75) is 17.9 Å². The highest BCUT2D eigenvalue weighted by atomic mass is 35.5. The molecule has 0 fully saturated rings. The zero-order valence-corrected chi connectivity index (χ0v) is 11.5. The second kappa shape index (κ2) is 5.67. The van der Waals surface area contributed by atoms with E-state index < -0.39 is 16.1 Å². The molecule has 0 saturated heterocycles. The second-order valence-electron chi connectivity index (χ2n) is 3.78. The molecule has 0 bridgehead atoms. The number of likely N-dealkylation sites (N-methyl/N-ethyl adjacent to an activating group) is 1. The molecule has 1 unspecified atom stereocenters. The maximum Gasteiger partial charge on any atom is 0.244 e. The Balaban J connectivity index is 3.39. The van der Waals surface area contributed by atoms with E-state index in [-0.39, 0.29) is 22.1 Å². The Hall–Kier alpha value is -1.13. The first-order valence-electron chi connectivity index (χ1n) is 5.13. The van der Waals surface area contributed by atoms with Crippen LogP contribution < -0.4 is 0 Å². The van der Waals surface area contributed by atoms with Gasteiger partial charge in [-0.3, -0.25) is 0 Å². The van der Waals surface area contributed by atoms with Crippen LogP contribution in [0, 0.1) is 11.3 Å². The van der Waals surface area contributed by atoms with Crippen molar-refractivity contribution in [3.05, 3.63) is 28.8 Å². The van der Waals surface area contributed by atoms with E-state index in [4.69, 9.17) is 22.0 Å². The van der Waals surface area contributed by atoms with E-state index >= 15 is 0 Å². The number of nitrogens with zero attached hydrogens (tertiary/aromatic N) is 2. The zero-order chi connectivity index (χ0) is 13.9. The van der Waals surface area contributed by atoms with Crippen molar-refractivity contribution in [2.24, 2.45) is 0 Å². The van der Waals surface area contributed by atoms with E-state index in [9.17, 15) is 8.42 Å². The van der Waals surface area contributed by atoms with E-state index in [1.807, 2.05) is 0 Å². The lowest BCUT2D eigenvalue weighted by atomic mass is 10.2. The third-order valence-electron chi connectivity index (χ3n) is 2.63. The fourth-order valence-electron chi connectivity index (χ4n) is 1.33. The highest BCUT2D eigenvalue weighted by Crippen LogP contribution is 2.25. The van der Waals surface area contributed by atoms with Crippen molar-refractivity contribution >= 4 is 21.6 Å². The van der Waals surface area contributed by atoms with Crippen LogP contribution in [0.25, 0.3) is 0 Å². The van der Waals surface area contributed by atoms with Gasteiger partial charge in [0, 0.05) is 13.1 Å². The average molecular weight is 289 g/mol. The molecule has 0 radical (unpaired) electrons. The minimum absolute atomic E-state index is 0.0867. The summed E-state index contributed by atoms with van der Waals surface area (Å²) in [5, 5.41) is 18.1. The molecule has 1 rings (SSSR count). The Labute approximate surface area is 111 Å². The molecule has 5 nitrogen and oxygen atoms in total. The summed E-state index contributed by atoms with van der Waals surface area (Å²) in [5.41, 5.74) is -0.0869. The van der Waals surface area contributed by atoms with Crippen LogP contribution in [0.2, 0.25) is 5.02 Å². The number of aliphatic hydroxyl groups excluding tert-OH is 1. The lowest BCUT2D eigenvalue weighted by Crippen LogP contribution is -2.37. The summed E-state index contributed by atoms with van der Waals surface area (Å²) in [4.78, 5) is -0.152. The number of nitriles is 1. The van der Waals surface area contributed by atoms with Gasteiger partial charge in [0.25, 0.3) is 0 Å². The summed E-state index contributed by atoms with van der Waals surface area (Å²) in [6, 6.07) is 5.44. The van der Waals surface area contributed by atoms with Gasteiger partial charge in [-0.05, 0) is 19.1 Å². The second-order valence-corrected chi connectivity index (χ2v) is 6.15. The van der Waals surface area contributed by atoms with Gasteiger partial charge in [-0.25, -0.2) is 8.42 Å². The van der Waals surface area contributed by atoms with E-state index in [0.717, 1.165) is 4.31 Å². The quantitative estimate of drug-likeness (QED) is 0.903. The van der Waals surface area contributed by atoms with Crippen molar-refractivity contribution in [3.63, 3.8) is 0 Å². The van der Waals surface area contributed by atoms with E-state index in [1.54, 1.807) is 13.0 Å². The molecule has 1 atom stereocenters. The molecule has 0 saturated carbocycles. The highest BCUT2D eigenvalue weighted by Gasteiger charge is 2.28. The molecular formula is C11H13ClN2O3S. The molecule has 1 aromatic rings. The smallest absolute Gasteiger partial charge is 0.244 e. The maximum absolute atomic E-state index is 12.3. The summed E-state index contributed by atoms with van der Waals surface area (Å²) in [6.07, 6.45) is 0. The molecule has 18 heavy (non-hydrogen) atoms. The Morgan fingerprint density at radius 2 is 2.17 bits per heavy atom. The van der Waals surface area contributed by atoms with Crippen LogP contribution in [0.3, 0.4) is 0 Å². The average Bonchev–Trinajstić information content (AvgIpc) is 2.36. The van der Waals surface area contributed by atoms with Crippen LogP contribution in [0.1, 0.15) is 12.5 Å². The van der Waals surface area contributed by atoms with Gasteiger partial charge in [-0.15, -0.1) is 0 Å². The Kier molecular flexibility index (Phi) is 4.71. The fraction of sp³-hybridized carbons (Fsp3) is 0.364. The fourth-order valence-corrected chi connectivity index (χ4v) is 3.12. The molecule has 0 aliphatic rings. The Morgan fingerprint density at radius 1 is 1.56 bits per heavy atom. The van der Waals surface area contributed by atoms with Crippen molar-refractivity contribution in [1.29, 1.82) is 5.26 Å². The lowest BCUT2D eigenvalue weighted by molar-refractivity contribution is 0.214. The molecular weight excluding hydrogens is 276 g/mol. The topological polar surface area (TPSA) is 81.4 Å². The molecule has 1 aromatic carbocycles. The summed E-state index contributed by atoms with van der Waals surface area (Å²) < 4.78 is 25.6. The predicted molar refractivity (Wildman–Crippen MR) is 67.7 cm³/mol. The molecule has 7 heteroatoms. The standard InChI is InChI=1S/C11H13ClN2O3S/c1-8(7-15)14(2)18(16,17)11-5-3-4-10(12)9(11)6-13/h3-5,8,15H,7H2,1-2H3. The highest BCUT2D eigenvalue weighted by molar-refractivity contribution is 7.89. The molecule has 0 aliphatic heterocycles. The van der Waals surface area contributed by atoms with Crippen molar-refractivity contribution < 1.29 is 13.5 Å². The van der Waals surface area contributed by atoms with Gasteiger partial charge < -0.3 is 5.11 Å². The van der Waals surface area contributed by atoms with Gasteiger partial charge in [-0.2, -0.15) is 9.57 Å². The molecule has 1 N–H and O–H groups in total. The third kappa shape index (κ3) is 2.65. The van der Waals surface area contributed by atoms with Crippen LogP contribution in [0.15, 0.2) is 23.1 Å². The normalized spacial score (nSPS) is 13.3. The molecule has 0 heterocycles. The van der Waals surface area contributed by atoms with Gasteiger partial charge >= 0.3 is 0 Å². The van der Waals surface area contributed by atoms with E-state index in [1.165, 1.54) is 25.2 Å². The first-order chi connectivity index (χ1) is 8.36. The minimum Gasteiger partial charge on any atom is -0.395 e.